The van der Waals surface area contributed by atoms with Crippen molar-refractivity contribution in [3.8, 4) is 11.3 Å². The van der Waals surface area contributed by atoms with Crippen molar-refractivity contribution < 1.29 is 26.7 Å². The Morgan fingerprint density at radius 2 is 1.80 bits per heavy atom. The normalized spacial score (nSPS) is 11.6. The van der Waals surface area contributed by atoms with Gasteiger partial charge in [-0.15, -0.1) is 0 Å². The van der Waals surface area contributed by atoms with Gasteiger partial charge in [-0.25, -0.2) is 18.7 Å². The number of halogens is 5. The van der Waals surface area contributed by atoms with Gasteiger partial charge in [0, 0.05) is 23.9 Å². The summed E-state index contributed by atoms with van der Waals surface area (Å²) in [5.74, 6) is -3.10. The number of fused-ring (bicyclic) bond motifs is 1. The quantitative estimate of drug-likeness (QED) is 0.502. The van der Waals surface area contributed by atoms with Gasteiger partial charge in [0.05, 0.1) is 17.5 Å². The monoisotopic (exact) mass is 419 g/mol. The summed E-state index contributed by atoms with van der Waals surface area (Å²) in [6, 6.07) is 8.03. The fourth-order valence-corrected chi connectivity index (χ4v) is 2.83. The van der Waals surface area contributed by atoms with Gasteiger partial charge in [0.25, 0.3) is 5.91 Å². The van der Waals surface area contributed by atoms with Crippen LogP contribution >= 0.6 is 0 Å². The van der Waals surface area contributed by atoms with E-state index in [0.29, 0.717) is 12.3 Å². The zero-order valence-corrected chi connectivity index (χ0v) is 14.8. The van der Waals surface area contributed by atoms with Crippen LogP contribution in [-0.2, 0) is 6.18 Å². The molecule has 0 aliphatic heterocycles. The minimum Gasteiger partial charge on any atom is -0.305 e. The first-order valence-corrected chi connectivity index (χ1v) is 8.38. The summed E-state index contributed by atoms with van der Waals surface area (Å²) in [7, 11) is 0. The summed E-state index contributed by atoms with van der Waals surface area (Å²) < 4.78 is 67.8. The lowest BCUT2D eigenvalue weighted by Crippen LogP contribution is -2.18. The van der Waals surface area contributed by atoms with E-state index in [0.717, 1.165) is 10.6 Å². The molecule has 1 amide bonds. The zero-order valence-electron chi connectivity index (χ0n) is 14.8. The van der Waals surface area contributed by atoms with E-state index >= 15 is 0 Å². The molecule has 11 heteroatoms. The van der Waals surface area contributed by atoms with Crippen molar-refractivity contribution in [2.75, 3.05) is 5.32 Å². The summed E-state index contributed by atoms with van der Waals surface area (Å²) in [5.41, 5.74) is -1.58. The molecule has 3 heterocycles. The highest BCUT2D eigenvalue weighted by Crippen LogP contribution is 2.36. The molecule has 0 aliphatic carbocycles. The molecule has 3 aromatic heterocycles. The minimum atomic E-state index is -4.59. The number of hydrogen-bond acceptors (Lipinski definition) is 4. The molecule has 6 nitrogen and oxygen atoms in total. The maximum atomic E-state index is 13.8. The first-order valence-electron chi connectivity index (χ1n) is 8.38. The second-order valence-electron chi connectivity index (χ2n) is 6.11. The number of nitrogens with zero attached hydrogens (tertiary/aromatic N) is 4. The number of hydrogen-bond donors (Lipinski definition) is 1. The van der Waals surface area contributed by atoms with Crippen LogP contribution in [0, 0.1) is 11.6 Å². The Balaban J connectivity index is 1.75. The molecule has 0 bridgehead atoms. The maximum Gasteiger partial charge on any atom is 0.417 e. The Hall–Kier alpha value is -3.89. The molecule has 1 N–H and O–H groups in total. The third-order valence-corrected chi connectivity index (χ3v) is 4.13. The zero-order chi connectivity index (χ0) is 21.5. The van der Waals surface area contributed by atoms with E-state index < -0.39 is 35.0 Å². The average molecular weight is 419 g/mol. The van der Waals surface area contributed by atoms with Gasteiger partial charge in [0.2, 0.25) is 0 Å². The number of rotatable bonds is 3. The molecular weight excluding hydrogens is 409 g/mol. The van der Waals surface area contributed by atoms with Crippen molar-refractivity contribution >= 4 is 17.4 Å². The van der Waals surface area contributed by atoms with E-state index in [1.54, 1.807) is 0 Å². The summed E-state index contributed by atoms with van der Waals surface area (Å²) >= 11 is 0. The topological polar surface area (TPSA) is 72.2 Å². The Labute approximate surface area is 165 Å². The molecule has 0 spiro atoms. The molecule has 0 aliphatic rings. The Bertz CT molecular complexity index is 1270. The second-order valence-corrected chi connectivity index (χ2v) is 6.11. The van der Waals surface area contributed by atoms with Crippen LogP contribution in [0.25, 0.3) is 16.9 Å². The minimum absolute atomic E-state index is 0.00580. The first kappa shape index (κ1) is 19.4. The lowest BCUT2D eigenvalue weighted by atomic mass is 10.0. The molecule has 152 valence electrons. The maximum absolute atomic E-state index is 13.8. The molecule has 30 heavy (non-hydrogen) atoms. The molecule has 0 fully saturated rings. The SMILES string of the molecule is O=C(Nc1ccnc2cc(-c3ccccc3C(F)(F)F)nn12)c1ncc(F)cc1F. The predicted molar refractivity (Wildman–Crippen MR) is 95.5 cm³/mol. The van der Waals surface area contributed by atoms with E-state index in [-0.39, 0.29) is 22.7 Å². The molecule has 4 aromatic rings. The molecule has 1 aromatic carbocycles. The standard InChI is InChI=1S/C19H10F5N5O/c20-10-7-13(21)17(26-9-10)18(30)27-15-5-6-25-16-8-14(28-29(15)16)11-3-1-2-4-12(11)19(22,23)24/h1-9H,(H,27,30). The smallest absolute Gasteiger partial charge is 0.305 e. The van der Waals surface area contributed by atoms with Crippen molar-refractivity contribution in [2.45, 2.75) is 6.18 Å². The van der Waals surface area contributed by atoms with Crippen LogP contribution in [0.5, 0.6) is 0 Å². The number of benzene rings is 1. The van der Waals surface area contributed by atoms with Crippen molar-refractivity contribution in [3.63, 3.8) is 0 Å². The van der Waals surface area contributed by atoms with E-state index in [1.807, 2.05) is 0 Å². The predicted octanol–water partition coefficient (Wildman–Crippen LogP) is 4.34. The molecule has 0 radical (unpaired) electrons. The second kappa shape index (κ2) is 7.17. The van der Waals surface area contributed by atoms with E-state index in [2.05, 4.69) is 20.4 Å². The number of amides is 1. The molecular formula is C19H10F5N5O. The van der Waals surface area contributed by atoms with Crippen molar-refractivity contribution in [3.05, 3.63) is 77.8 Å². The molecule has 0 saturated carbocycles. The van der Waals surface area contributed by atoms with Gasteiger partial charge in [-0.1, -0.05) is 18.2 Å². The lowest BCUT2D eigenvalue weighted by molar-refractivity contribution is -0.137. The number of aromatic nitrogens is 4. The summed E-state index contributed by atoms with van der Waals surface area (Å²) in [4.78, 5) is 19.7. The third-order valence-electron chi connectivity index (χ3n) is 4.13. The fraction of sp³-hybridized carbons (Fsp3) is 0.0526. The molecule has 0 atom stereocenters. The summed E-state index contributed by atoms with van der Waals surface area (Å²) in [6.07, 6.45) is -2.62. The Kier molecular flexibility index (Phi) is 4.65. The van der Waals surface area contributed by atoms with Gasteiger partial charge in [-0.3, -0.25) is 4.79 Å². The van der Waals surface area contributed by atoms with Gasteiger partial charge in [0.15, 0.2) is 17.2 Å². The number of nitrogens with one attached hydrogen (secondary N) is 1. The van der Waals surface area contributed by atoms with Gasteiger partial charge >= 0.3 is 6.18 Å². The first-order chi connectivity index (χ1) is 14.2. The highest BCUT2D eigenvalue weighted by Gasteiger charge is 2.34. The lowest BCUT2D eigenvalue weighted by Gasteiger charge is -2.10. The van der Waals surface area contributed by atoms with Crippen molar-refractivity contribution in [2.24, 2.45) is 0 Å². The fourth-order valence-electron chi connectivity index (χ4n) is 2.83. The highest BCUT2D eigenvalue weighted by atomic mass is 19.4. The molecule has 0 saturated heterocycles. The van der Waals surface area contributed by atoms with Gasteiger partial charge in [-0.05, 0) is 12.1 Å². The van der Waals surface area contributed by atoms with Crippen LogP contribution < -0.4 is 5.32 Å². The van der Waals surface area contributed by atoms with E-state index in [4.69, 9.17) is 0 Å². The van der Waals surface area contributed by atoms with Crippen LogP contribution in [0.1, 0.15) is 16.1 Å². The average Bonchev–Trinajstić information content (AvgIpc) is 3.12. The van der Waals surface area contributed by atoms with Crippen LogP contribution in [-0.4, -0.2) is 25.5 Å². The van der Waals surface area contributed by atoms with Crippen LogP contribution in [0.3, 0.4) is 0 Å². The number of anilines is 1. The summed E-state index contributed by atoms with van der Waals surface area (Å²) in [6.45, 7) is 0. The van der Waals surface area contributed by atoms with Crippen LogP contribution in [0.4, 0.5) is 27.8 Å². The van der Waals surface area contributed by atoms with Crippen molar-refractivity contribution in [1.29, 1.82) is 0 Å². The van der Waals surface area contributed by atoms with Gasteiger partial charge in [0.1, 0.15) is 11.6 Å². The van der Waals surface area contributed by atoms with E-state index in [9.17, 15) is 26.7 Å². The largest absolute Gasteiger partial charge is 0.417 e. The Morgan fingerprint density at radius 1 is 1.03 bits per heavy atom. The summed E-state index contributed by atoms with van der Waals surface area (Å²) in [5, 5.41) is 6.45. The third kappa shape index (κ3) is 3.56. The van der Waals surface area contributed by atoms with E-state index in [1.165, 1.54) is 36.5 Å². The Morgan fingerprint density at radius 3 is 2.53 bits per heavy atom. The molecule has 0 unspecified atom stereocenters. The van der Waals surface area contributed by atoms with Gasteiger partial charge in [-0.2, -0.15) is 22.8 Å². The number of carbonyl (C=O) groups excluding carboxylic acids is 1. The van der Waals surface area contributed by atoms with Gasteiger partial charge < -0.3 is 5.32 Å². The number of alkyl halides is 3. The number of pyridine rings is 1. The number of carbonyl (C=O) groups is 1. The van der Waals surface area contributed by atoms with Crippen molar-refractivity contribution in [1.82, 2.24) is 19.6 Å². The van der Waals surface area contributed by atoms with Crippen LogP contribution in [0.15, 0.2) is 54.9 Å². The highest BCUT2D eigenvalue weighted by molar-refractivity contribution is 6.02. The molecule has 4 rings (SSSR count). The van der Waals surface area contributed by atoms with Crippen LogP contribution in [0.2, 0.25) is 0 Å².